The zero-order valence-corrected chi connectivity index (χ0v) is 17.0. The number of rotatable bonds is 7. The van der Waals surface area contributed by atoms with Gasteiger partial charge in [-0.3, -0.25) is 9.10 Å². The van der Waals surface area contributed by atoms with Gasteiger partial charge < -0.3 is 10.1 Å². The molecule has 0 aliphatic heterocycles. The van der Waals surface area contributed by atoms with Crippen LogP contribution in [0.25, 0.3) is 0 Å². The molecule has 2 aromatic carbocycles. The van der Waals surface area contributed by atoms with Crippen LogP contribution in [0.5, 0.6) is 0 Å². The van der Waals surface area contributed by atoms with Crippen molar-refractivity contribution in [3.05, 3.63) is 58.6 Å². The van der Waals surface area contributed by atoms with Crippen molar-refractivity contribution in [1.29, 1.82) is 0 Å². The highest BCUT2D eigenvalue weighted by molar-refractivity contribution is 7.92. The van der Waals surface area contributed by atoms with Crippen LogP contribution in [0.4, 0.5) is 24.5 Å². The third-order valence-electron chi connectivity index (χ3n) is 3.75. The first-order chi connectivity index (χ1) is 13.4. The molecule has 6 nitrogen and oxygen atoms in total. The second kappa shape index (κ2) is 9.02. The molecule has 0 spiro atoms. The number of hydrogen-bond acceptors (Lipinski definition) is 4. The molecule has 1 amide bonds. The van der Waals surface area contributed by atoms with Gasteiger partial charge in [-0.25, -0.2) is 8.42 Å². The molecule has 0 atom stereocenters. The van der Waals surface area contributed by atoms with Crippen molar-refractivity contribution >= 4 is 38.9 Å². The van der Waals surface area contributed by atoms with Gasteiger partial charge in [-0.15, -0.1) is 0 Å². The van der Waals surface area contributed by atoms with Gasteiger partial charge in [0.25, 0.3) is 0 Å². The highest BCUT2D eigenvalue weighted by Crippen LogP contribution is 2.37. The molecule has 0 bridgehead atoms. The van der Waals surface area contributed by atoms with Gasteiger partial charge in [-0.05, 0) is 35.9 Å². The predicted octanol–water partition coefficient (Wildman–Crippen LogP) is 3.91. The molecular formula is C18H18ClF3N2O4S. The molecule has 2 aromatic rings. The Kier molecular flexibility index (Phi) is 7.15. The van der Waals surface area contributed by atoms with E-state index in [4.69, 9.17) is 16.3 Å². The highest BCUT2D eigenvalue weighted by Gasteiger charge is 2.34. The Morgan fingerprint density at radius 2 is 1.90 bits per heavy atom. The van der Waals surface area contributed by atoms with E-state index in [0.717, 1.165) is 24.0 Å². The Balaban J connectivity index is 2.29. The number of ether oxygens (including phenoxy) is 1. The number of carbonyl (C=O) groups is 1. The molecule has 158 valence electrons. The third-order valence-corrected chi connectivity index (χ3v) is 5.22. The summed E-state index contributed by atoms with van der Waals surface area (Å²) in [6.45, 7) is -0.406. The Labute approximate surface area is 171 Å². The maximum atomic E-state index is 13.1. The lowest BCUT2D eigenvalue weighted by atomic mass is 10.2. The van der Waals surface area contributed by atoms with Crippen molar-refractivity contribution in [2.45, 2.75) is 12.8 Å². The Bertz CT molecular complexity index is 997. The van der Waals surface area contributed by atoms with Crippen LogP contribution >= 0.6 is 11.6 Å². The van der Waals surface area contributed by atoms with Gasteiger partial charge in [0, 0.05) is 12.8 Å². The van der Waals surface area contributed by atoms with E-state index in [1.54, 1.807) is 24.3 Å². The van der Waals surface area contributed by atoms with Gasteiger partial charge in [0.2, 0.25) is 15.9 Å². The van der Waals surface area contributed by atoms with Crippen LogP contribution in [0.1, 0.15) is 11.1 Å². The molecular weight excluding hydrogens is 433 g/mol. The van der Waals surface area contributed by atoms with Crippen molar-refractivity contribution in [2.75, 3.05) is 29.5 Å². The quantitative estimate of drug-likeness (QED) is 0.694. The summed E-state index contributed by atoms with van der Waals surface area (Å²) in [5.41, 5.74) is -0.353. The van der Waals surface area contributed by atoms with Gasteiger partial charge in [0.05, 0.1) is 29.1 Å². The number of carbonyl (C=O) groups excluding carboxylic acids is 1. The van der Waals surface area contributed by atoms with E-state index in [-0.39, 0.29) is 5.69 Å². The fourth-order valence-electron chi connectivity index (χ4n) is 2.52. The van der Waals surface area contributed by atoms with Gasteiger partial charge in [-0.2, -0.15) is 13.2 Å². The number of alkyl halides is 3. The number of hydrogen-bond donors (Lipinski definition) is 1. The minimum atomic E-state index is -4.78. The largest absolute Gasteiger partial charge is 0.417 e. The summed E-state index contributed by atoms with van der Waals surface area (Å²) < 4.78 is 69.1. The van der Waals surface area contributed by atoms with Gasteiger partial charge in [-0.1, -0.05) is 23.7 Å². The molecule has 0 saturated heterocycles. The molecule has 0 aromatic heterocycles. The zero-order valence-electron chi connectivity index (χ0n) is 15.5. The molecule has 11 heteroatoms. The average Bonchev–Trinajstić information content (AvgIpc) is 2.59. The molecule has 0 heterocycles. The normalized spacial score (nSPS) is 11.9. The van der Waals surface area contributed by atoms with Crippen LogP contribution in [0, 0.1) is 0 Å². The number of nitrogens with zero attached hydrogens (tertiary/aromatic N) is 1. The molecule has 0 saturated carbocycles. The molecule has 0 aliphatic carbocycles. The van der Waals surface area contributed by atoms with Crippen molar-refractivity contribution in [3.63, 3.8) is 0 Å². The second-order valence-corrected chi connectivity index (χ2v) is 8.43. The lowest BCUT2D eigenvalue weighted by Gasteiger charge is -2.23. The van der Waals surface area contributed by atoms with Crippen LogP contribution in [-0.2, 0) is 32.3 Å². The molecule has 0 radical (unpaired) electrons. The fourth-order valence-corrected chi connectivity index (χ4v) is 3.60. The smallest absolute Gasteiger partial charge is 0.380 e. The Morgan fingerprint density at radius 1 is 1.21 bits per heavy atom. The van der Waals surface area contributed by atoms with Crippen molar-refractivity contribution < 1.29 is 31.1 Å². The van der Waals surface area contributed by atoms with E-state index in [1.807, 2.05) is 0 Å². The second-order valence-electron chi connectivity index (χ2n) is 6.11. The van der Waals surface area contributed by atoms with E-state index >= 15 is 0 Å². The van der Waals surface area contributed by atoms with Gasteiger partial charge in [0.15, 0.2) is 0 Å². The number of halogens is 4. The fraction of sp³-hybridized carbons (Fsp3) is 0.278. The summed E-state index contributed by atoms with van der Waals surface area (Å²) in [4.78, 5) is 12.4. The summed E-state index contributed by atoms with van der Waals surface area (Å²) in [5.74, 6) is -0.728. The molecule has 0 aliphatic rings. The SMILES string of the molecule is COCc1cccc(NC(=O)CN(c2ccc(Cl)c(C(F)(F)F)c2)S(C)(=O)=O)c1. The first kappa shape index (κ1) is 23.0. The summed E-state index contributed by atoms with van der Waals surface area (Å²) >= 11 is 5.58. The zero-order chi connectivity index (χ0) is 21.8. The van der Waals surface area contributed by atoms with Gasteiger partial charge >= 0.3 is 6.18 Å². The lowest BCUT2D eigenvalue weighted by molar-refractivity contribution is -0.137. The van der Waals surface area contributed by atoms with Crippen LogP contribution in [-0.4, -0.2) is 34.2 Å². The average molecular weight is 451 g/mol. The highest BCUT2D eigenvalue weighted by atomic mass is 35.5. The van der Waals surface area contributed by atoms with Gasteiger partial charge in [0.1, 0.15) is 6.54 Å². The first-order valence-electron chi connectivity index (χ1n) is 8.14. The van der Waals surface area contributed by atoms with E-state index in [2.05, 4.69) is 5.32 Å². The van der Waals surface area contributed by atoms with Crippen LogP contribution in [0.2, 0.25) is 5.02 Å². The maximum Gasteiger partial charge on any atom is 0.417 e. The summed E-state index contributed by atoms with van der Waals surface area (Å²) in [6.07, 6.45) is -3.98. The van der Waals surface area contributed by atoms with Crippen LogP contribution in [0.15, 0.2) is 42.5 Å². The number of methoxy groups -OCH3 is 1. The number of nitrogens with one attached hydrogen (secondary N) is 1. The summed E-state index contributed by atoms with van der Waals surface area (Å²) in [5, 5.41) is 1.95. The summed E-state index contributed by atoms with van der Waals surface area (Å²) in [6, 6.07) is 9.30. The van der Waals surface area contributed by atoms with Crippen molar-refractivity contribution in [2.24, 2.45) is 0 Å². The molecule has 0 fully saturated rings. The molecule has 1 N–H and O–H groups in total. The first-order valence-corrected chi connectivity index (χ1v) is 10.4. The van der Waals surface area contributed by atoms with E-state index in [0.29, 0.717) is 22.7 Å². The van der Waals surface area contributed by atoms with Crippen LogP contribution in [0.3, 0.4) is 0 Å². The van der Waals surface area contributed by atoms with E-state index in [9.17, 15) is 26.4 Å². The number of benzene rings is 2. The van der Waals surface area contributed by atoms with E-state index < -0.39 is 39.2 Å². The Morgan fingerprint density at radius 3 is 2.48 bits per heavy atom. The minimum absolute atomic E-state index is 0.310. The Hall–Kier alpha value is -2.30. The predicted molar refractivity (Wildman–Crippen MR) is 104 cm³/mol. The minimum Gasteiger partial charge on any atom is -0.380 e. The topological polar surface area (TPSA) is 75.7 Å². The molecule has 2 rings (SSSR count). The number of anilines is 2. The lowest BCUT2D eigenvalue weighted by Crippen LogP contribution is -2.37. The number of sulfonamides is 1. The number of amides is 1. The molecule has 29 heavy (non-hydrogen) atoms. The summed E-state index contributed by atoms with van der Waals surface area (Å²) in [7, 11) is -2.54. The maximum absolute atomic E-state index is 13.1. The molecule has 0 unspecified atom stereocenters. The standard InChI is InChI=1S/C18H18ClF3N2O4S/c1-28-11-12-4-3-5-13(8-12)23-17(25)10-24(29(2,26)27)14-6-7-16(19)15(9-14)18(20,21)22/h3-9H,10-11H2,1-2H3,(H,23,25). The van der Waals surface area contributed by atoms with Crippen LogP contribution < -0.4 is 9.62 Å². The third kappa shape index (κ3) is 6.34. The van der Waals surface area contributed by atoms with E-state index in [1.165, 1.54) is 7.11 Å². The monoisotopic (exact) mass is 450 g/mol. The van der Waals surface area contributed by atoms with Crippen molar-refractivity contribution in [1.82, 2.24) is 0 Å². The van der Waals surface area contributed by atoms with Crippen molar-refractivity contribution in [3.8, 4) is 0 Å².